The molecule has 0 bridgehead atoms. The van der Waals surface area contributed by atoms with Gasteiger partial charge >= 0.3 is 12.1 Å². The number of ether oxygens (including phenoxy) is 4. The minimum atomic E-state index is -4.79. The van der Waals surface area contributed by atoms with Crippen LogP contribution in [0.25, 0.3) is 11.1 Å². The van der Waals surface area contributed by atoms with E-state index in [0.717, 1.165) is 23.8 Å². The molecule has 6 nitrogen and oxygen atoms in total. The van der Waals surface area contributed by atoms with Gasteiger partial charge < -0.3 is 24.1 Å². The van der Waals surface area contributed by atoms with E-state index in [1.807, 2.05) is 0 Å². The van der Waals surface area contributed by atoms with Crippen molar-refractivity contribution in [2.75, 3.05) is 20.3 Å². The van der Waals surface area contributed by atoms with Gasteiger partial charge in [0.25, 0.3) is 0 Å². The summed E-state index contributed by atoms with van der Waals surface area (Å²) >= 11 is 0. The van der Waals surface area contributed by atoms with Gasteiger partial charge in [0.2, 0.25) is 0 Å². The molecule has 0 fully saturated rings. The molecule has 0 aromatic heterocycles. The normalized spacial score (nSPS) is 17.8. The molecular formula is C31H29F5O6. The highest BCUT2D eigenvalue weighted by atomic mass is 19.4. The summed E-state index contributed by atoms with van der Waals surface area (Å²) < 4.78 is 94.0. The molecule has 1 N–H and O–H groups in total. The summed E-state index contributed by atoms with van der Waals surface area (Å²) in [4.78, 5) is 11.7. The van der Waals surface area contributed by atoms with E-state index in [1.165, 1.54) is 27.0 Å². The van der Waals surface area contributed by atoms with Gasteiger partial charge in [0.15, 0.2) is 17.4 Å². The number of carbonyl (C=O) groups excluding carboxylic acids is 1. The van der Waals surface area contributed by atoms with Crippen LogP contribution >= 0.6 is 0 Å². The average Bonchev–Trinajstić information content (AvgIpc) is 3.50. The number of carbonyl (C=O) groups is 1. The van der Waals surface area contributed by atoms with Crippen molar-refractivity contribution < 1.29 is 50.8 Å². The minimum Gasteiger partial charge on any atom is -0.492 e. The lowest BCUT2D eigenvalue weighted by molar-refractivity contribution is -0.141. The van der Waals surface area contributed by atoms with E-state index in [0.29, 0.717) is 30.1 Å². The van der Waals surface area contributed by atoms with Crippen molar-refractivity contribution in [1.82, 2.24) is 0 Å². The van der Waals surface area contributed by atoms with Crippen LogP contribution in [0.5, 0.6) is 17.2 Å². The van der Waals surface area contributed by atoms with Crippen LogP contribution in [0.1, 0.15) is 61.0 Å². The Morgan fingerprint density at radius 2 is 1.74 bits per heavy atom. The number of rotatable bonds is 8. The van der Waals surface area contributed by atoms with Crippen LogP contribution in [0.3, 0.4) is 0 Å². The van der Waals surface area contributed by atoms with Gasteiger partial charge in [-0.25, -0.2) is 8.78 Å². The molecule has 3 aromatic rings. The van der Waals surface area contributed by atoms with E-state index >= 15 is 0 Å². The second-order valence-corrected chi connectivity index (χ2v) is 11.1. The zero-order valence-electron chi connectivity index (χ0n) is 23.1. The highest BCUT2D eigenvalue weighted by Crippen LogP contribution is 2.47. The van der Waals surface area contributed by atoms with Gasteiger partial charge in [-0.05, 0) is 73.2 Å². The first-order chi connectivity index (χ1) is 19.7. The first-order valence-electron chi connectivity index (χ1n) is 13.3. The number of halogens is 5. The van der Waals surface area contributed by atoms with Crippen molar-refractivity contribution in [3.63, 3.8) is 0 Å². The van der Waals surface area contributed by atoms with E-state index < -0.39 is 47.4 Å². The molecule has 0 radical (unpaired) electrons. The van der Waals surface area contributed by atoms with E-state index in [4.69, 9.17) is 18.9 Å². The Morgan fingerprint density at radius 3 is 2.38 bits per heavy atom. The van der Waals surface area contributed by atoms with Crippen LogP contribution in [0, 0.1) is 11.6 Å². The van der Waals surface area contributed by atoms with Crippen LogP contribution in [-0.2, 0) is 22.1 Å². The van der Waals surface area contributed by atoms with Crippen molar-refractivity contribution in [1.29, 1.82) is 0 Å². The van der Waals surface area contributed by atoms with Gasteiger partial charge in [0.05, 0.1) is 31.3 Å². The Hall–Kier alpha value is -3.86. The quantitative estimate of drug-likeness (QED) is 0.227. The molecule has 0 amide bonds. The lowest BCUT2D eigenvalue weighted by Crippen LogP contribution is -2.28. The summed E-state index contributed by atoms with van der Waals surface area (Å²) in [6, 6.07) is 9.02. The van der Waals surface area contributed by atoms with Crippen LogP contribution in [-0.4, -0.2) is 37.0 Å². The number of esters is 1. The Morgan fingerprint density at radius 1 is 1.05 bits per heavy atom. The maximum absolute atomic E-state index is 15.0. The van der Waals surface area contributed by atoms with Crippen molar-refractivity contribution in [3.05, 3.63) is 76.4 Å². The third-order valence-corrected chi connectivity index (χ3v) is 7.30. The van der Waals surface area contributed by atoms with Gasteiger partial charge in [-0.2, -0.15) is 13.2 Å². The monoisotopic (exact) mass is 592 g/mol. The minimum absolute atomic E-state index is 0.162. The highest BCUT2D eigenvalue weighted by molar-refractivity contribution is 5.75. The Kier molecular flexibility index (Phi) is 7.82. The van der Waals surface area contributed by atoms with E-state index in [2.05, 4.69) is 0 Å². The maximum Gasteiger partial charge on any atom is 0.417 e. The molecule has 0 spiro atoms. The average molecular weight is 593 g/mol. The lowest BCUT2D eigenvalue weighted by atomic mass is 9.91. The van der Waals surface area contributed by atoms with Crippen molar-refractivity contribution in [3.8, 4) is 28.4 Å². The number of benzene rings is 3. The summed E-state index contributed by atoms with van der Waals surface area (Å²) in [6.45, 7) is 2.65. The predicted octanol–water partition coefficient (Wildman–Crippen LogP) is 6.91. The topological polar surface area (TPSA) is 74.2 Å². The van der Waals surface area contributed by atoms with Gasteiger partial charge in [-0.15, -0.1) is 0 Å². The van der Waals surface area contributed by atoms with Crippen LogP contribution in [0.15, 0.2) is 42.5 Å². The Labute approximate surface area is 239 Å². The van der Waals surface area contributed by atoms with E-state index in [-0.39, 0.29) is 41.4 Å². The van der Waals surface area contributed by atoms with Gasteiger partial charge in [0.1, 0.15) is 24.2 Å². The third kappa shape index (κ3) is 6.01. The number of methoxy groups -OCH3 is 1. The molecule has 2 aliphatic rings. The zero-order chi connectivity index (χ0) is 30.4. The molecule has 2 atom stereocenters. The number of fused-ring (bicyclic) bond motifs is 2. The molecule has 11 heteroatoms. The zero-order valence-corrected chi connectivity index (χ0v) is 23.1. The molecule has 42 heavy (non-hydrogen) atoms. The summed E-state index contributed by atoms with van der Waals surface area (Å²) in [5.41, 5.74) is -1.41. The molecular weight excluding hydrogens is 563 g/mol. The van der Waals surface area contributed by atoms with Crippen LogP contribution in [0.2, 0.25) is 0 Å². The smallest absolute Gasteiger partial charge is 0.417 e. The van der Waals surface area contributed by atoms with Crippen LogP contribution in [0.4, 0.5) is 22.0 Å². The summed E-state index contributed by atoms with van der Waals surface area (Å²) in [5.74, 6) is -2.70. The molecule has 0 unspecified atom stereocenters. The molecule has 224 valence electrons. The van der Waals surface area contributed by atoms with Gasteiger partial charge in [0, 0.05) is 17.5 Å². The molecule has 0 saturated heterocycles. The van der Waals surface area contributed by atoms with E-state index in [9.17, 15) is 31.9 Å². The molecule has 1 heterocycles. The number of hydrogen-bond acceptors (Lipinski definition) is 6. The molecule has 1 aliphatic carbocycles. The maximum atomic E-state index is 15.0. The molecule has 1 aliphatic heterocycles. The SMILES string of the molecule is COC(=O)C[C@@H]1COc2cc(O[C@@H]3CCc4c3ccc(C(F)(F)F)c4-c3cc(F)c(OCC(C)(C)O)c(F)c3)ccc21. The number of hydrogen-bond donors (Lipinski definition) is 1. The fourth-order valence-corrected chi connectivity index (χ4v) is 5.39. The van der Waals surface area contributed by atoms with Crippen molar-refractivity contribution >= 4 is 5.97 Å². The third-order valence-electron chi connectivity index (χ3n) is 7.30. The second-order valence-electron chi connectivity index (χ2n) is 11.1. The summed E-state index contributed by atoms with van der Waals surface area (Å²) in [5, 5.41) is 9.82. The van der Waals surface area contributed by atoms with Crippen molar-refractivity contribution in [2.24, 2.45) is 0 Å². The van der Waals surface area contributed by atoms with Crippen LogP contribution < -0.4 is 14.2 Å². The molecule has 5 rings (SSSR count). The first-order valence-corrected chi connectivity index (χ1v) is 13.3. The first kappa shape index (κ1) is 29.6. The predicted molar refractivity (Wildman–Crippen MR) is 142 cm³/mol. The highest BCUT2D eigenvalue weighted by Gasteiger charge is 2.39. The summed E-state index contributed by atoms with van der Waals surface area (Å²) in [7, 11) is 1.31. The fraction of sp³-hybridized carbons (Fsp3) is 0.387. The van der Waals surface area contributed by atoms with E-state index in [1.54, 1.807) is 18.2 Å². The lowest BCUT2D eigenvalue weighted by Gasteiger charge is -2.21. The van der Waals surface area contributed by atoms with Crippen molar-refractivity contribution in [2.45, 2.75) is 56.9 Å². The number of aliphatic hydroxyl groups is 1. The standard InChI is InChI=1S/C31H29F5O6/c1-30(2,38)15-41-29-23(32)10-16(11-24(29)33)28-21-7-9-25(20(21)6-8-22(28)31(34,35)36)42-18-4-5-19-17(12-27(37)39-3)14-40-26(19)13-18/h4-6,8,10-11,13,17,25,38H,7,9,12,14-15H2,1-3H3/t17-,25-/m1/s1. The molecule has 3 aromatic carbocycles. The van der Waals surface area contributed by atoms with Gasteiger partial charge in [-0.3, -0.25) is 4.79 Å². The van der Waals surface area contributed by atoms with Gasteiger partial charge in [-0.1, -0.05) is 12.1 Å². The Balaban J connectivity index is 1.46. The molecule has 0 saturated carbocycles. The second kappa shape index (κ2) is 11.1. The largest absolute Gasteiger partial charge is 0.492 e. The fourth-order valence-electron chi connectivity index (χ4n) is 5.39. The summed E-state index contributed by atoms with van der Waals surface area (Å²) in [6.07, 6.45) is -4.72. The Bertz CT molecular complexity index is 1490. The number of alkyl halides is 3.